The second-order valence-corrected chi connectivity index (χ2v) is 3.79. The molecule has 0 spiro atoms. The zero-order valence-electron chi connectivity index (χ0n) is 9.45. The number of rotatable bonds is 4. The van der Waals surface area contributed by atoms with Crippen LogP contribution in [0, 0.1) is 0 Å². The second kappa shape index (κ2) is 5.11. The molecule has 0 aromatic carbocycles. The minimum absolute atomic E-state index is 0.204. The lowest BCUT2D eigenvalue weighted by Gasteiger charge is -2.18. The molecule has 14 heavy (non-hydrogen) atoms. The number of hydrogen-bond acceptors (Lipinski definition) is 2. The summed E-state index contributed by atoms with van der Waals surface area (Å²) in [6.07, 6.45) is 4.99. The average Bonchev–Trinajstić information content (AvgIpc) is 2.20. The topological polar surface area (TPSA) is 22.1 Å². The summed E-state index contributed by atoms with van der Waals surface area (Å²) in [5.74, 6) is 0.503. The number of pyridine rings is 1. The molecule has 0 saturated carbocycles. The van der Waals surface area contributed by atoms with E-state index in [9.17, 15) is 0 Å². The molecule has 0 aliphatic carbocycles. The van der Waals surface area contributed by atoms with Crippen molar-refractivity contribution in [2.24, 2.45) is 0 Å². The molecule has 1 rings (SSSR count). The van der Waals surface area contributed by atoms with Gasteiger partial charge in [-0.25, -0.2) is 0 Å². The largest absolute Gasteiger partial charge is 0.377 e. The van der Waals surface area contributed by atoms with E-state index in [4.69, 9.17) is 4.74 Å². The Bertz CT molecular complexity index is 279. The standard InChI is InChI=1S/C12H19NO/c1-5-12(14-4)10-6-7-13-8-11(10)9(2)3/h6-9,12H,5H2,1-4H3/t12-/m0/s1. The Morgan fingerprint density at radius 3 is 2.57 bits per heavy atom. The monoisotopic (exact) mass is 193 g/mol. The van der Waals surface area contributed by atoms with Crippen LogP contribution in [0.3, 0.4) is 0 Å². The van der Waals surface area contributed by atoms with Crippen molar-refractivity contribution in [3.05, 3.63) is 29.6 Å². The van der Waals surface area contributed by atoms with Crippen LogP contribution in [0.25, 0.3) is 0 Å². The van der Waals surface area contributed by atoms with Crippen LogP contribution < -0.4 is 0 Å². The van der Waals surface area contributed by atoms with E-state index in [-0.39, 0.29) is 6.10 Å². The molecule has 1 heterocycles. The van der Waals surface area contributed by atoms with Crippen LogP contribution in [0.15, 0.2) is 18.5 Å². The summed E-state index contributed by atoms with van der Waals surface area (Å²) in [7, 11) is 1.76. The summed E-state index contributed by atoms with van der Waals surface area (Å²) in [6.45, 7) is 6.50. The van der Waals surface area contributed by atoms with Crippen molar-refractivity contribution in [2.75, 3.05) is 7.11 Å². The van der Waals surface area contributed by atoms with Gasteiger partial charge in [0.1, 0.15) is 0 Å². The van der Waals surface area contributed by atoms with Gasteiger partial charge in [0, 0.05) is 19.5 Å². The highest BCUT2D eigenvalue weighted by Crippen LogP contribution is 2.27. The zero-order chi connectivity index (χ0) is 10.6. The van der Waals surface area contributed by atoms with Gasteiger partial charge in [-0.2, -0.15) is 0 Å². The van der Waals surface area contributed by atoms with Crippen LogP contribution in [0.2, 0.25) is 0 Å². The lowest BCUT2D eigenvalue weighted by Crippen LogP contribution is -2.05. The Kier molecular flexibility index (Phi) is 4.08. The van der Waals surface area contributed by atoms with Gasteiger partial charge < -0.3 is 4.74 Å². The molecule has 0 aliphatic rings. The van der Waals surface area contributed by atoms with Gasteiger partial charge in [0.25, 0.3) is 0 Å². The first-order chi connectivity index (χ1) is 6.70. The van der Waals surface area contributed by atoms with Crippen molar-refractivity contribution in [1.82, 2.24) is 4.98 Å². The third-order valence-electron chi connectivity index (χ3n) is 2.51. The summed E-state index contributed by atoms with van der Waals surface area (Å²) in [6, 6.07) is 2.06. The van der Waals surface area contributed by atoms with Gasteiger partial charge >= 0.3 is 0 Å². The van der Waals surface area contributed by atoms with Crippen LogP contribution >= 0.6 is 0 Å². The summed E-state index contributed by atoms with van der Waals surface area (Å²) in [5, 5.41) is 0. The van der Waals surface area contributed by atoms with E-state index in [2.05, 4.69) is 31.8 Å². The molecular weight excluding hydrogens is 174 g/mol. The van der Waals surface area contributed by atoms with Crippen LogP contribution in [0.1, 0.15) is 50.3 Å². The summed E-state index contributed by atoms with van der Waals surface area (Å²) >= 11 is 0. The molecule has 0 radical (unpaired) electrons. The molecule has 0 N–H and O–H groups in total. The van der Waals surface area contributed by atoms with E-state index in [1.807, 2.05) is 12.4 Å². The maximum atomic E-state index is 5.45. The molecular formula is C12H19NO. The molecule has 0 saturated heterocycles. The van der Waals surface area contributed by atoms with E-state index < -0.39 is 0 Å². The highest BCUT2D eigenvalue weighted by molar-refractivity contribution is 5.28. The van der Waals surface area contributed by atoms with Crippen molar-refractivity contribution in [1.29, 1.82) is 0 Å². The van der Waals surface area contributed by atoms with E-state index >= 15 is 0 Å². The fraction of sp³-hybridized carbons (Fsp3) is 0.583. The Hall–Kier alpha value is -0.890. The number of nitrogens with zero attached hydrogens (tertiary/aromatic N) is 1. The first-order valence-corrected chi connectivity index (χ1v) is 5.17. The number of hydrogen-bond donors (Lipinski definition) is 0. The van der Waals surface area contributed by atoms with Gasteiger partial charge in [-0.05, 0) is 29.5 Å². The predicted molar refractivity (Wildman–Crippen MR) is 58.4 cm³/mol. The molecule has 0 unspecified atom stereocenters. The second-order valence-electron chi connectivity index (χ2n) is 3.79. The summed E-state index contributed by atoms with van der Waals surface area (Å²) in [4.78, 5) is 4.16. The van der Waals surface area contributed by atoms with Crippen molar-refractivity contribution in [2.45, 2.75) is 39.2 Å². The van der Waals surface area contributed by atoms with Gasteiger partial charge in [0.2, 0.25) is 0 Å². The van der Waals surface area contributed by atoms with Crippen molar-refractivity contribution in [3.63, 3.8) is 0 Å². The lowest BCUT2D eigenvalue weighted by molar-refractivity contribution is 0.0990. The van der Waals surface area contributed by atoms with Crippen LogP contribution in [0.4, 0.5) is 0 Å². The first-order valence-electron chi connectivity index (χ1n) is 5.17. The highest BCUT2D eigenvalue weighted by atomic mass is 16.5. The van der Waals surface area contributed by atoms with Crippen molar-refractivity contribution < 1.29 is 4.74 Å². The molecule has 2 nitrogen and oxygen atoms in total. The Morgan fingerprint density at radius 2 is 2.07 bits per heavy atom. The zero-order valence-corrected chi connectivity index (χ0v) is 9.45. The van der Waals surface area contributed by atoms with Crippen molar-refractivity contribution >= 4 is 0 Å². The maximum Gasteiger partial charge on any atom is 0.0822 e. The van der Waals surface area contributed by atoms with E-state index in [0.29, 0.717) is 5.92 Å². The number of ether oxygens (including phenoxy) is 1. The van der Waals surface area contributed by atoms with Gasteiger partial charge in [-0.3, -0.25) is 4.98 Å². The van der Waals surface area contributed by atoms with Crippen LogP contribution in [-0.4, -0.2) is 12.1 Å². The maximum absolute atomic E-state index is 5.45. The van der Waals surface area contributed by atoms with E-state index in [0.717, 1.165) is 6.42 Å². The molecule has 1 aromatic rings. The van der Waals surface area contributed by atoms with Crippen molar-refractivity contribution in [3.8, 4) is 0 Å². The normalized spacial score (nSPS) is 13.2. The lowest BCUT2D eigenvalue weighted by atomic mass is 9.95. The first kappa shape index (κ1) is 11.2. The molecule has 0 amide bonds. The highest BCUT2D eigenvalue weighted by Gasteiger charge is 2.14. The molecule has 0 bridgehead atoms. The quantitative estimate of drug-likeness (QED) is 0.732. The Labute approximate surface area is 86.3 Å². The van der Waals surface area contributed by atoms with E-state index in [1.165, 1.54) is 11.1 Å². The van der Waals surface area contributed by atoms with Crippen LogP contribution in [0.5, 0.6) is 0 Å². The predicted octanol–water partition coefficient (Wildman–Crippen LogP) is 3.30. The number of aromatic nitrogens is 1. The van der Waals surface area contributed by atoms with Gasteiger partial charge in [-0.1, -0.05) is 20.8 Å². The molecule has 0 aliphatic heterocycles. The smallest absolute Gasteiger partial charge is 0.0822 e. The van der Waals surface area contributed by atoms with Gasteiger partial charge in [0.05, 0.1) is 6.10 Å². The molecule has 78 valence electrons. The fourth-order valence-corrected chi connectivity index (χ4v) is 1.71. The SMILES string of the molecule is CC[C@H](OC)c1ccncc1C(C)C. The van der Waals surface area contributed by atoms with Gasteiger partial charge in [0.15, 0.2) is 0 Å². The molecule has 0 fully saturated rings. The summed E-state index contributed by atoms with van der Waals surface area (Å²) < 4.78 is 5.45. The minimum Gasteiger partial charge on any atom is -0.377 e. The Balaban J connectivity index is 3.05. The molecule has 1 aromatic heterocycles. The third kappa shape index (κ3) is 2.32. The van der Waals surface area contributed by atoms with Crippen LogP contribution in [-0.2, 0) is 4.74 Å². The minimum atomic E-state index is 0.204. The average molecular weight is 193 g/mol. The third-order valence-corrected chi connectivity index (χ3v) is 2.51. The Morgan fingerprint density at radius 1 is 1.36 bits per heavy atom. The fourth-order valence-electron chi connectivity index (χ4n) is 1.71. The van der Waals surface area contributed by atoms with E-state index in [1.54, 1.807) is 7.11 Å². The molecule has 1 atom stereocenters. The molecule has 2 heteroatoms. The number of methoxy groups -OCH3 is 1. The van der Waals surface area contributed by atoms with Gasteiger partial charge in [-0.15, -0.1) is 0 Å². The summed E-state index contributed by atoms with van der Waals surface area (Å²) in [5.41, 5.74) is 2.57.